The molecule has 18 heavy (non-hydrogen) atoms. The smallest absolute Gasteiger partial charge is 0.129 e. The van der Waals surface area contributed by atoms with Crippen LogP contribution in [0, 0.1) is 11.6 Å². The van der Waals surface area contributed by atoms with Gasteiger partial charge in [0.15, 0.2) is 0 Å². The van der Waals surface area contributed by atoms with Crippen LogP contribution in [0.2, 0.25) is 0 Å². The van der Waals surface area contributed by atoms with Crippen molar-refractivity contribution in [2.45, 2.75) is 19.4 Å². The highest BCUT2D eigenvalue weighted by molar-refractivity contribution is 5.21. The first-order chi connectivity index (χ1) is 8.70. The molecule has 2 aromatic rings. The van der Waals surface area contributed by atoms with Gasteiger partial charge in [-0.15, -0.1) is 0 Å². The van der Waals surface area contributed by atoms with Crippen LogP contribution in [0.25, 0.3) is 0 Å². The Labute approximate surface area is 105 Å². The van der Waals surface area contributed by atoms with E-state index in [-0.39, 0.29) is 6.04 Å². The topological polar surface area (TPSA) is 25.2 Å². The molecule has 0 fully saturated rings. The maximum absolute atomic E-state index is 13.6. The molecule has 0 amide bonds. The van der Waals surface area contributed by atoms with Crippen LogP contribution in [0.15, 0.2) is 41.0 Å². The molecule has 2 nitrogen and oxygen atoms in total. The first-order valence-electron chi connectivity index (χ1n) is 5.91. The Kier molecular flexibility index (Phi) is 4.10. The zero-order chi connectivity index (χ0) is 13.0. The summed E-state index contributed by atoms with van der Waals surface area (Å²) in [5.41, 5.74) is 0.471. The molecular weight excluding hydrogens is 236 g/mol. The third-order valence-electron chi connectivity index (χ3n) is 2.78. The minimum absolute atomic E-state index is 0.107. The van der Waals surface area contributed by atoms with Crippen LogP contribution in [0.1, 0.15) is 24.3 Å². The minimum atomic E-state index is -0.561. The first kappa shape index (κ1) is 12.8. The van der Waals surface area contributed by atoms with Gasteiger partial charge in [0.05, 0.1) is 12.3 Å². The predicted molar refractivity (Wildman–Crippen MR) is 65.2 cm³/mol. The molecule has 0 saturated heterocycles. The Morgan fingerprint density at radius 1 is 1.28 bits per heavy atom. The van der Waals surface area contributed by atoms with E-state index >= 15 is 0 Å². The normalized spacial score (nSPS) is 12.6. The number of hydrogen-bond acceptors (Lipinski definition) is 2. The third-order valence-corrected chi connectivity index (χ3v) is 2.78. The Morgan fingerprint density at radius 3 is 2.72 bits per heavy atom. The molecular formula is C14H15F2NO. The molecule has 0 bridgehead atoms. The molecule has 1 aromatic carbocycles. The minimum Gasteiger partial charge on any atom is -0.468 e. The quantitative estimate of drug-likeness (QED) is 0.880. The second-order valence-corrected chi connectivity index (χ2v) is 4.07. The summed E-state index contributed by atoms with van der Waals surface area (Å²) in [6.07, 6.45) is 2.01. The van der Waals surface area contributed by atoms with E-state index in [9.17, 15) is 8.78 Å². The van der Waals surface area contributed by atoms with E-state index in [1.807, 2.05) is 13.0 Å². The molecule has 0 saturated carbocycles. The summed E-state index contributed by atoms with van der Waals surface area (Å²) < 4.78 is 31.8. The lowest BCUT2D eigenvalue weighted by atomic mass is 10.0. The molecule has 1 atom stereocenters. The molecule has 0 aliphatic heterocycles. The maximum atomic E-state index is 13.6. The van der Waals surface area contributed by atoms with Gasteiger partial charge in [-0.1, -0.05) is 13.0 Å². The lowest BCUT2D eigenvalue weighted by molar-refractivity contribution is 0.412. The van der Waals surface area contributed by atoms with Gasteiger partial charge >= 0.3 is 0 Å². The molecule has 1 aromatic heterocycles. The van der Waals surface area contributed by atoms with Crippen molar-refractivity contribution >= 4 is 0 Å². The van der Waals surface area contributed by atoms with Gasteiger partial charge in [-0.2, -0.15) is 0 Å². The Morgan fingerprint density at radius 2 is 2.11 bits per heavy atom. The van der Waals surface area contributed by atoms with Crippen molar-refractivity contribution in [1.82, 2.24) is 5.32 Å². The third kappa shape index (κ3) is 2.96. The maximum Gasteiger partial charge on any atom is 0.129 e. The fourth-order valence-corrected chi connectivity index (χ4v) is 1.92. The van der Waals surface area contributed by atoms with E-state index in [0.717, 1.165) is 18.4 Å². The summed E-state index contributed by atoms with van der Waals surface area (Å²) in [4.78, 5) is 0. The van der Waals surface area contributed by atoms with Crippen LogP contribution in [0.3, 0.4) is 0 Å². The van der Waals surface area contributed by atoms with Crippen molar-refractivity contribution in [1.29, 1.82) is 0 Å². The van der Waals surface area contributed by atoms with Crippen molar-refractivity contribution in [3.63, 3.8) is 0 Å². The van der Waals surface area contributed by atoms with E-state index in [2.05, 4.69) is 5.32 Å². The lowest BCUT2D eigenvalue weighted by Gasteiger charge is -2.16. The highest BCUT2D eigenvalue weighted by atomic mass is 19.1. The van der Waals surface area contributed by atoms with E-state index in [4.69, 9.17) is 4.42 Å². The number of furan rings is 1. The number of benzene rings is 1. The molecule has 4 heteroatoms. The highest BCUT2D eigenvalue weighted by Gasteiger charge is 2.16. The van der Waals surface area contributed by atoms with Gasteiger partial charge < -0.3 is 9.73 Å². The standard InChI is InChI=1S/C14H15F2NO/c1-2-17-13(14-4-3-7-18-14)8-10-5-6-11(15)9-12(10)16/h3-7,9,13,17H,2,8H2,1H3. The Bertz CT molecular complexity index is 497. The Hall–Kier alpha value is -1.68. The van der Waals surface area contributed by atoms with E-state index < -0.39 is 11.6 Å². The number of likely N-dealkylation sites (N-methyl/N-ethyl adjacent to an activating group) is 1. The number of rotatable bonds is 5. The molecule has 0 spiro atoms. The van der Waals surface area contributed by atoms with Crippen molar-refractivity contribution in [3.8, 4) is 0 Å². The summed E-state index contributed by atoms with van der Waals surface area (Å²) in [5, 5.41) is 3.22. The average Bonchev–Trinajstić information content (AvgIpc) is 2.85. The van der Waals surface area contributed by atoms with Crippen LogP contribution in [0.4, 0.5) is 8.78 Å². The zero-order valence-corrected chi connectivity index (χ0v) is 10.1. The first-order valence-corrected chi connectivity index (χ1v) is 5.91. The monoisotopic (exact) mass is 251 g/mol. The lowest BCUT2D eigenvalue weighted by Crippen LogP contribution is -2.22. The zero-order valence-electron chi connectivity index (χ0n) is 10.1. The number of hydrogen-bond donors (Lipinski definition) is 1. The van der Waals surface area contributed by atoms with Gasteiger partial charge in [0.25, 0.3) is 0 Å². The largest absolute Gasteiger partial charge is 0.468 e. The SMILES string of the molecule is CCNC(Cc1ccc(F)cc1F)c1ccco1. The predicted octanol–water partition coefficient (Wildman–Crippen LogP) is 3.45. The van der Waals surface area contributed by atoms with Crippen LogP contribution < -0.4 is 5.32 Å². The molecule has 1 heterocycles. The van der Waals surface area contributed by atoms with Crippen molar-refractivity contribution in [2.24, 2.45) is 0 Å². The van der Waals surface area contributed by atoms with Gasteiger partial charge in [-0.25, -0.2) is 8.78 Å². The van der Waals surface area contributed by atoms with Crippen molar-refractivity contribution in [2.75, 3.05) is 6.54 Å². The summed E-state index contributed by atoms with van der Waals surface area (Å²) in [5.74, 6) is -0.334. The van der Waals surface area contributed by atoms with Gasteiger partial charge in [0, 0.05) is 6.07 Å². The second kappa shape index (κ2) is 5.78. The van der Waals surface area contributed by atoms with Gasteiger partial charge in [-0.3, -0.25) is 0 Å². The van der Waals surface area contributed by atoms with Crippen LogP contribution >= 0.6 is 0 Å². The number of nitrogens with one attached hydrogen (secondary N) is 1. The summed E-state index contributed by atoms with van der Waals surface area (Å²) in [7, 11) is 0. The summed E-state index contributed by atoms with van der Waals surface area (Å²) in [6, 6.07) is 7.17. The fourth-order valence-electron chi connectivity index (χ4n) is 1.92. The number of halogens is 2. The van der Waals surface area contributed by atoms with Gasteiger partial charge in [-0.05, 0) is 36.7 Å². The van der Waals surface area contributed by atoms with Crippen molar-refractivity contribution in [3.05, 3.63) is 59.6 Å². The van der Waals surface area contributed by atoms with Crippen LogP contribution in [-0.2, 0) is 6.42 Å². The van der Waals surface area contributed by atoms with Gasteiger partial charge in [0.2, 0.25) is 0 Å². The Balaban J connectivity index is 2.18. The molecule has 1 unspecified atom stereocenters. The summed E-state index contributed by atoms with van der Waals surface area (Å²) >= 11 is 0. The van der Waals surface area contributed by atoms with E-state index in [1.54, 1.807) is 12.3 Å². The molecule has 2 rings (SSSR count). The summed E-state index contributed by atoms with van der Waals surface area (Å²) in [6.45, 7) is 2.71. The second-order valence-electron chi connectivity index (χ2n) is 4.07. The molecule has 0 aliphatic rings. The van der Waals surface area contributed by atoms with E-state index in [1.165, 1.54) is 12.1 Å². The fraction of sp³-hybridized carbons (Fsp3) is 0.286. The average molecular weight is 251 g/mol. The van der Waals surface area contributed by atoms with Gasteiger partial charge in [0.1, 0.15) is 17.4 Å². The van der Waals surface area contributed by atoms with E-state index in [0.29, 0.717) is 12.0 Å². The molecule has 0 aliphatic carbocycles. The van der Waals surface area contributed by atoms with Crippen molar-refractivity contribution < 1.29 is 13.2 Å². The molecule has 0 radical (unpaired) electrons. The highest BCUT2D eigenvalue weighted by Crippen LogP contribution is 2.21. The van der Waals surface area contributed by atoms with Crippen LogP contribution in [0.5, 0.6) is 0 Å². The molecule has 96 valence electrons. The van der Waals surface area contributed by atoms with Crippen LogP contribution in [-0.4, -0.2) is 6.54 Å². The molecule has 1 N–H and O–H groups in total.